The second-order valence-electron chi connectivity index (χ2n) is 5.30. The molecular formula is C13H20N2O3S. The Morgan fingerprint density at radius 1 is 1.26 bits per heavy atom. The molecule has 0 radical (unpaired) electrons. The summed E-state index contributed by atoms with van der Waals surface area (Å²) in [5.41, 5.74) is 0.841. The average molecular weight is 284 g/mol. The summed E-state index contributed by atoms with van der Waals surface area (Å²) in [6.45, 7) is 3.53. The third kappa shape index (κ3) is 3.08. The van der Waals surface area contributed by atoms with Crippen LogP contribution in [0.15, 0.2) is 29.2 Å². The number of benzene rings is 1. The molecule has 0 amide bonds. The van der Waals surface area contributed by atoms with Crippen LogP contribution in [0.2, 0.25) is 0 Å². The first-order chi connectivity index (χ1) is 8.83. The van der Waals surface area contributed by atoms with Crippen molar-refractivity contribution >= 4 is 15.7 Å². The monoisotopic (exact) mass is 284 g/mol. The van der Waals surface area contributed by atoms with Gasteiger partial charge in [-0.3, -0.25) is 0 Å². The number of ether oxygens (including phenoxy) is 1. The van der Waals surface area contributed by atoms with Crippen LogP contribution in [0, 0.1) is 0 Å². The minimum atomic E-state index is -3.36. The zero-order valence-electron chi connectivity index (χ0n) is 11.5. The van der Waals surface area contributed by atoms with Crippen LogP contribution in [-0.4, -0.2) is 45.6 Å². The Kier molecular flexibility index (Phi) is 3.85. The van der Waals surface area contributed by atoms with Crippen molar-refractivity contribution in [3.63, 3.8) is 0 Å². The van der Waals surface area contributed by atoms with Crippen LogP contribution in [0.25, 0.3) is 0 Å². The Bertz CT molecular complexity index is 532. The molecule has 0 saturated carbocycles. The molecule has 6 heteroatoms. The topological polar surface area (TPSA) is 58.6 Å². The quantitative estimate of drug-likeness (QED) is 0.911. The van der Waals surface area contributed by atoms with Gasteiger partial charge in [-0.05, 0) is 37.6 Å². The van der Waals surface area contributed by atoms with E-state index in [1.165, 1.54) is 18.4 Å². The molecule has 19 heavy (non-hydrogen) atoms. The maximum atomic E-state index is 11.9. The molecule has 0 spiro atoms. The number of anilines is 1. The van der Waals surface area contributed by atoms with Crippen LogP contribution in [0.1, 0.15) is 13.3 Å². The number of hydrogen-bond donors (Lipinski definition) is 1. The fourth-order valence-electron chi connectivity index (χ4n) is 2.04. The Hall–Kier alpha value is -1.11. The molecule has 1 fully saturated rings. The highest BCUT2D eigenvalue weighted by Gasteiger charge is 2.29. The summed E-state index contributed by atoms with van der Waals surface area (Å²) in [5, 5.41) is 3.39. The lowest BCUT2D eigenvalue weighted by molar-refractivity contribution is 0.185. The predicted octanol–water partition coefficient (Wildman–Crippen LogP) is 1.53. The normalized spacial score (nSPS) is 23.8. The molecule has 0 aliphatic carbocycles. The zero-order chi connectivity index (χ0) is 14.1. The summed E-state index contributed by atoms with van der Waals surface area (Å²) in [5.74, 6) is 0. The minimum Gasteiger partial charge on any atom is -0.379 e. The number of rotatable bonds is 4. The van der Waals surface area contributed by atoms with Gasteiger partial charge in [-0.2, -0.15) is 0 Å². The van der Waals surface area contributed by atoms with E-state index in [1.54, 1.807) is 24.3 Å². The van der Waals surface area contributed by atoms with Crippen LogP contribution in [-0.2, 0) is 14.8 Å². The van der Waals surface area contributed by atoms with Gasteiger partial charge < -0.3 is 10.1 Å². The van der Waals surface area contributed by atoms with E-state index >= 15 is 0 Å². The second kappa shape index (κ2) is 5.11. The fourth-order valence-corrected chi connectivity index (χ4v) is 2.94. The maximum Gasteiger partial charge on any atom is 0.242 e. The highest BCUT2D eigenvalue weighted by molar-refractivity contribution is 7.89. The van der Waals surface area contributed by atoms with Crippen LogP contribution in [0.4, 0.5) is 5.69 Å². The molecule has 1 saturated heterocycles. The van der Waals surface area contributed by atoms with Crippen LogP contribution in [0.3, 0.4) is 0 Å². The molecule has 1 aliphatic rings. The van der Waals surface area contributed by atoms with Gasteiger partial charge in [-0.1, -0.05) is 0 Å². The molecular weight excluding hydrogens is 264 g/mol. The van der Waals surface area contributed by atoms with Crippen molar-refractivity contribution < 1.29 is 13.2 Å². The van der Waals surface area contributed by atoms with E-state index in [1.807, 2.05) is 0 Å². The number of nitrogens with one attached hydrogen (secondary N) is 1. The molecule has 1 aliphatic heterocycles. The largest absolute Gasteiger partial charge is 0.379 e. The van der Waals surface area contributed by atoms with Crippen molar-refractivity contribution in [1.82, 2.24) is 4.31 Å². The van der Waals surface area contributed by atoms with E-state index in [9.17, 15) is 8.42 Å². The van der Waals surface area contributed by atoms with Crippen molar-refractivity contribution in [3.05, 3.63) is 24.3 Å². The van der Waals surface area contributed by atoms with Gasteiger partial charge in [0.2, 0.25) is 10.0 Å². The molecule has 1 unspecified atom stereocenters. The van der Waals surface area contributed by atoms with Crippen LogP contribution in [0.5, 0.6) is 0 Å². The van der Waals surface area contributed by atoms with E-state index in [0.29, 0.717) is 11.5 Å². The van der Waals surface area contributed by atoms with E-state index in [0.717, 1.165) is 18.7 Å². The molecule has 5 nitrogen and oxygen atoms in total. The summed E-state index contributed by atoms with van der Waals surface area (Å²) in [7, 11) is -0.303. The second-order valence-corrected chi connectivity index (χ2v) is 7.45. The van der Waals surface area contributed by atoms with E-state index in [2.05, 4.69) is 12.2 Å². The van der Waals surface area contributed by atoms with Gasteiger partial charge in [0.25, 0.3) is 0 Å². The Balaban J connectivity index is 2.15. The van der Waals surface area contributed by atoms with Crippen molar-refractivity contribution in [2.45, 2.75) is 23.8 Å². The summed E-state index contributed by atoms with van der Waals surface area (Å²) >= 11 is 0. The highest BCUT2D eigenvalue weighted by atomic mass is 32.2. The first-order valence-electron chi connectivity index (χ1n) is 6.22. The summed E-state index contributed by atoms with van der Waals surface area (Å²) < 4.78 is 30.5. The number of sulfonamides is 1. The summed E-state index contributed by atoms with van der Waals surface area (Å²) in [6.07, 6.45) is 0.949. The Morgan fingerprint density at radius 3 is 2.37 bits per heavy atom. The molecule has 2 rings (SSSR count). The molecule has 0 aromatic heterocycles. The molecule has 1 N–H and O–H groups in total. The molecule has 1 atom stereocenters. The van der Waals surface area contributed by atoms with Gasteiger partial charge in [0, 0.05) is 26.4 Å². The zero-order valence-corrected chi connectivity index (χ0v) is 12.3. The third-order valence-electron chi connectivity index (χ3n) is 3.30. The molecule has 1 heterocycles. The summed E-state index contributed by atoms with van der Waals surface area (Å²) in [6, 6.07) is 6.83. The lowest BCUT2D eigenvalue weighted by Gasteiger charge is -2.25. The number of nitrogens with zero attached hydrogens (tertiary/aromatic N) is 1. The standard InChI is InChI=1S/C13H20N2O3S/c1-13(8-9-18-10-13)14-11-4-6-12(7-5-11)19(16,17)15(2)3/h4-7,14H,8-10H2,1-3H3. The minimum absolute atomic E-state index is 0.0675. The van der Waals surface area contributed by atoms with Crippen molar-refractivity contribution in [3.8, 4) is 0 Å². The predicted molar refractivity (Wildman–Crippen MR) is 74.8 cm³/mol. The van der Waals surface area contributed by atoms with Gasteiger partial charge in [-0.25, -0.2) is 12.7 Å². The maximum absolute atomic E-state index is 11.9. The van der Waals surface area contributed by atoms with Crippen LogP contribution >= 0.6 is 0 Å². The first kappa shape index (κ1) is 14.3. The van der Waals surface area contributed by atoms with Gasteiger partial charge in [-0.15, -0.1) is 0 Å². The van der Waals surface area contributed by atoms with Crippen molar-refractivity contribution in [2.24, 2.45) is 0 Å². The van der Waals surface area contributed by atoms with Crippen molar-refractivity contribution in [1.29, 1.82) is 0 Å². The third-order valence-corrected chi connectivity index (χ3v) is 5.13. The van der Waals surface area contributed by atoms with Gasteiger partial charge in [0.05, 0.1) is 17.0 Å². The number of hydrogen-bond acceptors (Lipinski definition) is 4. The molecule has 0 bridgehead atoms. The van der Waals surface area contributed by atoms with E-state index in [4.69, 9.17) is 4.74 Å². The smallest absolute Gasteiger partial charge is 0.242 e. The van der Waals surface area contributed by atoms with Gasteiger partial charge in [0.15, 0.2) is 0 Å². The average Bonchev–Trinajstić information content (AvgIpc) is 2.76. The highest BCUT2D eigenvalue weighted by Crippen LogP contribution is 2.25. The SMILES string of the molecule is CN(C)S(=O)(=O)c1ccc(NC2(C)CCOC2)cc1. The van der Waals surface area contributed by atoms with E-state index < -0.39 is 10.0 Å². The molecule has 106 valence electrons. The van der Waals surface area contributed by atoms with Crippen molar-refractivity contribution in [2.75, 3.05) is 32.6 Å². The van der Waals surface area contributed by atoms with Gasteiger partial charge in [0.1, 0.15) is 0 Å². The Labute approximate surface area is 114 Å². The lowest BCUT2D eigenvalue weighted by Crippen LogP contribution is -2.34. The van der Waals surface area contributed by atoms with E-state index in [-0.39, 0.29) is 5.54 Å². The Morgan fingerprint density at radius 2 is 1.89 bits per heavy atom. The van der Waals surface area contributed by atoms with Gasteiger partial charge >= 0.3 is 0 Å². The molecule has 1 aromatic rings. The fraction of sp³-hybridized carbons (Fsp3) is 0.538. The first-order valence-corrected chi connectivity index (χ1v) is 7.66. The lowest BCUT2D eigenvalue weighted by atomic mass is 10.0. The summed E-state index contributed by atoms with van der Waals surface area (Å²) in [4.78, 5) is 0.302. The molecule has 1 aromatic carbocycles. The van der Waals surface area contributed by atoms with Crippen LogP contribution < -0.4 is 5.32 Å².